The zero-order chi connectivity index (χ0) is 28.7. The molecule has 1 saturated carbocycles. The number of nitrogens with zero attached hydrogens (tertiary/aromatic N) is 6. The van der Waals surface area contributed by atoms with E-state index in [4.69, 9.17) is 0 Å². The summed E-state index contributed by atoms with van der Waals surface area (Å²) in [6, 6.07) is 7.70. The maximum Gasteiger partial charge on any atom is 0.262 e. The second-order valence-electron chi connectivity index (χ2n) is 10.4. The van der Waals surface area contributed by atoms with Crippen molar-refractivity contribution in [2.45, 2.75) is 37.1 Å². The Hall–Kier alpha value is -3.94. The summed E-state index contributed by atoms with van der Waals surface area (Å²) in [4.78, 5) is 30.3. The average Bonchev–Trinajstić information content (AvgIpc) is 3.71. The largest absolute Gasteiger partial charge is 0.337 e. The van der Waals surface area contributed by atoms with Crippen LogP contribution in [0.4, 0.5) is 15.9 Å². The molecule has 0 spiro atoms. The molecule has 3 aromatic heterocycles. The number of hydrogen-bond acceptors (Lipinski definition) is 8. The van der Waals surface area contributed by atoms with E-state index in [0.29, 0.717) is 37.7 Å². The van der Waals surface area contributed by atoms with Gasteiger partial charge in [0.25, 0.3) is 5.56 Å². The highest BCUT2D eigenvalue weighted by Gasteiger charge is 2.29. The molecular formula is C28H30FN7O4S. The van der Waals surface area contributed by atoms with Crippen molar-refractivity contribution in [3.63, 3.8) is 0 Å². The fourth-order valence-electron chi connectivity index (χ4n) is 5.01. The zero-order valence-electron chi connectivity index (χ0n) is 22.5. The highest BCUT2D eigenvalue weighted by Crippen LogP contribution is 2.35. The molecule has 1 saturated heterocycles. The van der Waals surface area contributed by atoms with E-state index in [1.54, 1.807) is 25.4 Å². The number of fused-ring (bicyclic) bond motifs is 1. The Morgan fingerprint density at radius 2 is 1.85 bits per heavy atom. The van der Waals surface area contributed by atoms with Crippen LogP contribution < -0.4 is 10.9 Å². The molecule has 1 N–H and O–H groups in total. The molecule has 0 unspecified atom stereocenters. The Morgan fingerprint density at radius 3 is 2.56 bits per heavy atom. The van der Waals surface area contributed by atoms with Crippen molar-refractivity contribution in [2.75, 3.05) is 38.0 Å². The van der Waals surface area contributed by atoms with E-state index < -0.39 is 15.8 Å². The molecule has 1 aliphatic heterocycles. The molecule has 2 fully saturated rings. The Balaban J connectivity index is 1.21. The predicted molar refractivity (Wildman–Crippen MR) is 151 cm³/mol. The van der Waals surface area contributed by atoms with E-state index in [2.05, 4.69) is 15.4 Å². The maximum absolute atomic E-state index is 15.2. The molecule has 13 heteroatoms. The number of pyridine rings is 1. The Labute approximate surface area is 236 Å². The third-order valence-corrected chi connectivity index (χ3v) is 9.52. The molecule has 4 heterocycles. The van der Waals surface area contributed by atoms with Gasteiger partial charge >= 0.3 is 0 Å². The molecule has 6 rings (SSSR count). The molecular weight excluding hydrogens is 549 g/mol. The fraction of sp³-hybridized carbons (Fsp3) is 0.357. The number of carbonyl (C=O) groups is 1. The minimum Gasteiger partial charge on any atom is -0.337 e. The molecule has 0 amide bonds. The van der Waals surface area contributed by atoms with Crippen LogP contribution in [-0.2, 0) is 14.8 Å². The third-order valence-electron chi connectivity index (χ3n) is 7.63. The van der Waals surface area contributed by atoms with E-state index in [9.17, 15) is 18.0 Å². The first-order valence-corrected chi connectivity index (χ1v) is 15.0. The molecule has 2 aliphatic rings. The molecule has 0 radical (unpaired) electrons. The Bertz CT molecular complexity index is 1790. The molecule has 11 nitrogen and oxygen atoms in total. The topological polar surface area (TPSA) is 122 Å². The quantitative estimate of drug-likeness (QED) is 0.301. The molecule has 1 aliphatic carbocycles. The second-order valence-corrected chi connectivity index (χ2v) is 12.4. The summed E-state index contributed by atoms with van der Waals surface area (Å²) < 4.78 is 46.2. The first-order chi connectivity index (χ1) is 19.7. The van der Waals surface area contributed by atoms with Crippen LogP contribution in [0.5, 0.6) is 0 Å². The second kappa shape index (κ2) is 10.8. The SMILES string of the molecule is Cc1c(Nc2ccc(S(=O)(=O)N3CCN(CCC=O)CC3)cc2F)nc2ccc(-c3cnn(C4CC4)c3)cn2c1=O. The molecule has 214 valence electrons. The number of sulfonamides is 1. The van der Waals surface area contributed by atoms with Gasteiger partial charge in [0.2, 0.25) is 10.0 Å². The van der Waals surface area contributed by atoms with Crippen LogP contribution in [0.1, 0.15) is 30.9 Å². The van der Waals surface area contributed by atoms with Gasteiger partial charge in [0, 0.05) is 62.7 Å². The van der Waals surface area contributed by atoms with Gasteiger partial charge in [0.05, 0.1) is 28.4 Å². The Kier molecular flexibility index (Phi) is 7.18. The van der Waals surface area contributed by atoms with E-state index in [1.807, 2.05) is 21.8 Å². The van der Waals surface area contributed by atoms with Gasteiger partial charge in [-0.2, -0.15) is 9.40 Å². The third kappa shape index (κ3) is 5.39. The van der Waals surface area contributed by atoms with Crippen LogP contribution in [0.15, 0.2) is 58.6 Å². The fourth-order valence-corrected chi connectivity index (χ4v) is 6.44. The van der Waals surface area contributed by atoms with E-state index in [-0.39, 0.29) is 40.6 Å². The van der Waals surface area contributed by atoms with Crippen molar-refractivity contribution < 1.29 is 17.6 Å². The van der Waals surface area contributed by atoms with Crippen molar-refractivity contribution in [1.29, 1.82) is 0 Å². The van der Waals surface area contributed by atoms with Gasteiger partial charge in [-0.25, -0.2) is 17.8 Å². The number of aromatic nitrogens is 4. The zero-order valence-corrected chi connectivity index (χ0v) is 23.3. The van der Waals surface area contributed by atoms with Gasteiger partial charge in [-0.1, -0.05) is 0 Å². The van der Waals surface area contributed by atoms with Gasteiger partial charge in [-0.05, 0) is 50.1 Å². The number of nitrogens with one attached hydrogen (secondary N) is 1. The van der Waals surface area contributed by atoms with Crippen molar-refractivity contribution in [3.05, 3.63) is 70.7 Å². The number of halogens is 1. The normalized spacial score (nSPS) is 16.7. The summed E-state index contributed by atoms with van der Waals surface area (Å²) in [6.45, 7) is 3.72. The minimum absolute atomic E-state index is 0.00564. The van der Waals surface area contributed by atoms with Crippen LogP contribution >= 0.6 is 0 Å². The van der Waals surface area contributed by atoms with Crippen molar-refractivity contribution in [1.82, 2.24) is 28.4 Å². The summed E-state index contributed by atoms with van der Waals surface area (Å²) in [5.74, 6) is -0.592. The molecule has 41 heavy (non-hydrogen) atoms. The van der Waals surface area contributed by atoms with Crippen molar-refractivity contribution in [3.8, 4) is 11.1 Å². The first-order valence-electron chi connectivity index (χ1n) is 13.5. The van der Waals surface area contributed by atoms with Gasteiger partial charge in [-0.3, -0.25) is 13.9 Å². The number of rotatable bonds is 9. The number of anilines is 2. The first kappa shape index (κ1) is 27.2. The summed E-state index contributed by atoms with van der Waals surface area (Å²) in [5, 5.41) is 7.29. The lowest BCUT2D eigenvalue weighted by Crippen LogP contribution is -2.48. The standard InChI is InChI=1S/C28H30FN7O4S/c1-19-27(32-26-8-3-20(17-35(26)28(19)38)21-16-30-36(18-21)22-4-5-22)31-25-7-6-23(15-24(25)29)41(39,40)34-12-10-33(11-13-34)9-2-14-37/h3,6-8,14-18,22,31H,2,4-5,9-13H2,1H3. The smallest absolute Gasteiger partial charge is 0.262 e. The van der Waals surface area contributed by atoms with Crippen molar-refractivity contribution >= 4 is 33.5 Å². The average molecular weight is 580 g/mol. The van der Waals surface area contributed by atoms with Crippen LogP contribution in [0.25, 0.3) is 16.8 Å². The van der Waals surface area contributed by atoms with Gasteiger partial charge in [0.1, 0.15) is 23.6 Å². The van der Waals surface area contributed by atoms with Gasteiger partial charge in [0.15, 0.2) is 0 Å². The number of carbonyl (C=O) groups excluding carboxylic acids is 1. The highest BCUT2D eigenvalue weighted by molar-refractivity contribution is 7.89. The number of aldehydes is 1. The maximum atomic E-state index is 15.2. The lowest BCUT2D eigenvalue weighted by Gasteiger charge is -2.33. The van der Waals surface area contributed by atoms with Gasteiger partial charge < -0.3 is 15.0 Å². The molecule has 0 bridgehead atoms. The highest BCUT2D eigenvalue weighted by atomic mass is 32.2. The monoisotopic (exact) mass is 579 g/mol. The lowest BCUT2D eigenvalue weighted by molar-refractivity contribution is -0.108. The lowest BCUT2D eigenvalue weighted by atomic mass is 10.1. The van der Waals surface area contributed by atoms with E-state index in [0.717, 1.165) is 36.3 Å². The summed E-state index contributed by atoms with van der Waals surface area (Å²) in [6.07, 6.45) is 8.97. The van der Waals surface area contributed by atoms with Crippen LogP contribution in [-0.4, -0.2) is 75.8 Å². The van der Waals surface area contributed by atoms with E-state index >= 15 is 4.39 Å². The predicted octanol–water partition coefficient (Wildman–Crippen LogP) is 2.98. The number of piperazine rings is 1. The number of hydrogen-bond donors (Lipinski definition) is 1. The van der Waals surface area contributed by atoms with Crippen LogP contribution in [0.3, 0.4) is 0 Å². The number of benzene rings is 1. The summed E-state index contributed by atoms with van der Waals surface area (Å²) >= 11 is 0. The summed E-state index contributed by atoms with van der Waals surface area (Å²) in [7, 11) is -3.89. The summed E-state index contributed by atoms with van der Waals surface area (Å²) in [5.41, 5.74) is 2.11. The molecule has 0 atom stereocenters. The van der Waals surface area contributed by atoms with Crippen molar-refractivity contribution in [2.24, 2.45) is 0 Å². The van der Waals surface area contributed by atoms with Gasteiger partial charge in [-0.15, -0.1) is 0 Å². The molecule has 1 aromatic carbocycles. The molecule has 4 aromatic rings. The minimum atomic E-state index is -3.89. The Morgan fingerprint density at radius 1 is 1.07 bits per heavy atom. The van der Waals surface area contributed by atoms with Crippen LogP contribution in [0.2, 0.25) is 0 Å². The van der Waals surface area contributed by atoms with E-state index in [1.165, 1.54) is 20.8 Å². The van der Waals surface area contributed by atoms with Crippen LogP contribution in [0, 0.1) is 12.7 Å².